The molecule has 4 rings (SSSR count). The van der Waals surface area contributed by atoms with Gasteiger partial charge in [-0.3, -0.25) is 9.59 Å². The van der Waals surface area contributed by atoms with Crippen LogP contribution in [0.15, 0.2) is 36.4 Å². The maximum atomic E-state index is 12.4. The Balaban J connectivity index is 1.52. The minimum atomic E-state index is -0.416. The van der Waals surface area contributed by atoms with Crippen molar-refractivity contribution in [2.75, 3.05) is 38.1 Å². The van der Waals surface area contributed by atoms with Crippen molar-refractivity contribution >= 4 is 23.2 Å². The van der Waals surface area contributed by atoms with Crippen LogP contribution in [0, 0.1) is 0 Å². The van der Waals surface area contributed by atoms with E-state index < -0.39 is 12.2 Å². The Morgan fingerprint density at radius 3 is 1.56 bits per heavy atom. The summed E-state index contributed by atoms with van der Waals surface area (Å²) in [5.41, 5.74) is 2.94. The molecule has 2 N–H and O–H groups in total. The third kappa shape index (κ3) is 4.87. The predicted molar refractivity (Wildman–Crippen MR) is 120 cm³/mol. The molecule has 0 radical (unpaired) electrons. The van der Waals surface area contributed by atoms with Crippen molar-refractivity contribution in [2.24, 2.45) is 0 Å². The van der Waals surface area contributed by atoms with Crippen molar-refractivity contribution in [3.8, 4) is 22.6 Å². The Hall–Kier alpha value is -3.10. The number of hydrogen-bond donors (Lipinski definition) is 2. The van der Waals surface area contributed by atoms with Gasteiger partial charge in [0.15, 0.2) is 0 Å². The fourth-order valence-corrected chi connectivity index (χ4v) is 3.94. The van der Waals surface area contributed by atoms with Gasteiger partial charge in [0.25, 0.3) is 11.8 Å². The normalized spacial score (nSPS) is 20.1. The van der Waals surface area contributed by atoms with Crippen molar-refractivity contribution in [1.29, 1.82) is 0 Å². The highest BCUT2D eigenvalue weighted by Gasteiger charge is 2.25. The third-order valence-corrected chi connectivity index (χ3v) is 5.70. The molecule has 2 amide bonds. The molecule has 2 aliphatic heterocycles. The topological polar surface area (TPSA) is 95.1 Å². The summed E-state index contributed by atoms with van der Waals surface area (Å²) in [7, 11) is 3.12. The van der Waals surface area contributed by atoms with E-state index in [0.29, 0.717) is 36.1 Å². The number of carbonyl (C=O) groups is 2. The van der Waals surface area contributed by atoms with Gasteiger partial charge in [-0.15, -0.1) is 0 Å². The zero-order valence-corrected chi connectivity index (χ0v) is 18.3. The number of hydrogen-bond acceptors (Lipinski definition) is 6. The summed E-state index contributed by atoms with van der Waals surface area (Å²) in [6.45, 7) is 1.22. The van der Waals surface area contributed by atoms with E-state index in [1.54, 1.807) is 26.4 Å². The molecule has 2 aliphatic rings. The molecule has 0 aromatic heterocycles. The van der Waals surface area contributed by atoms with E-state index in [9.17, 15) is 9.59 Å². The first-order chi connectivity index (χ1) is 15.6. The number of methoxy groups -OCH3 is 2. The fraction of sp³-hybridized carbons (Fsp3) is 0.417. The number of benzene rings is 2. The zero-order valence-electron chi connectivity index (χ0n) is 18.3. The van der Waals surface area contributed by atoms with E-state index in [1.807, 2.05) is 24.3 Å². The molecular weight excluding hydrogens is 412 g/mol. The van der Waals surface area contributed by atoms with Crippen molar-refractivity contribution < 1.29 is 28.5 Å². The van der Waals surface area contributed by atoms with Gasteiger partial charge in [0.2, 0.25) is 0 Å². The highest BCUT2D eigenvalue weighted by Crippen LogP contribution is 2.35. The number of rotatable bonds is 7. The number of nitrogens with one attached hydrogen (secondary N) is 2. The Morgan fingerprint density at radius 1 is 0.781 bits per heavy atom. The number of amides is 2. The first-order valence-corrected chi connectivity index (χ1v) is 10.8. The van der Waals surface area contributed by atoms with Crippen LogP contribution in [0.2, 0.25) is 0 Å². The minimum absolute atomic E-state index is 0.165. The second-order valence-electron chi connectivity index (χ2n) is 7.81. The first kappa shape index (κ1) is 22.1. The van der Waals surface area contributed by atoms with Crippen molar-refractivity contribution in [2.45, 2.75) is 37.9 Å². The average molecular weight is 440 g/mol. The number of ether oxygens (including phenoxy) is 4. The second-order valence-corrected chi connectivity index (χ2v) is 7.81. The smallest absolute Gasteiger partial charge is 0.253 e. The molecule has 0 aliphatic carbocycles. The highest BCUT2D eigenvalue weighted by molar-refractivity contribution is 5.97. The summed E-state index contributed by atoms with van der Waals surface area (Å²) >= 11 is 0. The van der Waals surface area contributed by atoms with E-state index in [-0.39, 0.29) is 11.8 Å². The molecule has 2 aromatic rings. The van der Waals surface area contributed by atoms with Crippen LogP contribution in [-0.2, 0) is 19.1 Å². The van der Waals surface area contributed by atoms with E-state index in [2.05, 4.69) is 10.6 Å². The molecule has 2 heterocycles. The maximum absolute atomic E-state index is 12.4. The monoisotopic (exact) mass is 440 g/mol. The zero-order chi connectivity index (χ0) is 22.5. The average Bonchev–Trinajstić information content (AvgIpc) is 3.54. The van der Waals surface area contributed by atoms with Gasteiger partial charge in [0.1, 0.15) is 23.7 Å². The molecule has 170 valence electrons. The van der Waals surface area contributed by atoms with Crippen LogP contribution in [-0.4, -0.2) is 51.5 Å². The molecule has 2 atom stereocenters. The van der Waals surface area contributed by atoms with Crippen LogP contribution in [0.5, 0.6) is 11.5 Å². The molecule has 8 nitrogen and oxygen atoms in total. The largest absolute Gasteiger partial charge is 0.495 e. The predicted octanol–water partition coefficient (Wildman–Crippen LogP) is 3.61. The van der Waals surface area contributed by atoms with Crippen LogP contribution in [0.4, 0.5) is 11.4 Å². The van der Waals surface area contributed by atoms with Gasteiger partial charge in [-0.1, -0.05) is 12.1 Å². The van der Waals surface area contributed by atoms with Crippen molar-refractivity contribution in [3.63, 3.8) is 0 Å². The SMILES string of the molecule is COc1cc(-c2ccc(NC(=O)[C@H]3CCCO3)c(OC)c2)ccc1NC(=O)[C@@H]1CCCO1. The van der Waals surface area contributed by atoms with Gasteiger partial charge < -0.3 is 29.6 Å². The van der Waals surface area contributed by atoms with Gasteiger partial charge in [-0.25, -0.2) is 0 Å². The third-order valence-electron chi connectivity index (χ3n) is 5.70. The molecular formula is C24H28N2O6. The molecule has 2 aromatic carbocycles. The van der Waals surface area contributed by atoms with E-state index >= 15 is 0 Å². The van der Waals surface area contributed by atoms with E-state index in [0.717, 1.165) is 36.8 Å². The van der Waals surface area contributed by atoms with Gasteiger partial charge in [0.05, 0.1) is 25.6 Å². The lowest BCUT2D eigenvalue weighted by molar-refractivity contribution is -0.125. The van der Waals surface area contributed by atoms with Crippen LogP contribution in [0.25, 0.3) is 11.1 Å². The van der Waals surface area contributed by atoms with Gasteiger partial charge in [0, 0.05) is 13.2 Å². The van der Waals surface area contributed by atoms with Crippen LogP contribution >= 0.6 is 0 Å². The lowest BCUT2D eigenvalue weighted by atomic mass is 10.0. The van der Waals surface area contributed by atoms with Gasteiger partial charge >= 0.3 is 0 Å². The Morgan fingerprint density at radius 2 is 1.22 bits per heavy atom. The second kappa shape index (κ2) is 10.0. The molecule has 0 unspecified atom stereocenters. The minimum Gasteiger partial charge on any atom is -0.495 e. The van der Waals surface area contributed by atoms with E-state index in [1.165, 1.54) is 0 Å². The molecule has 0 saturated carbocycles. The molecule has 8 heteroatoms. The maximum Gasteiger partial charge on any atom is 0.253 e. The van der Waals surface area contributed by atoms with E-state index in [4.69, 9.17) is 18.9 Å². The quantitative estimate of drug-likeness (QED) is 0.683. The summed E-state index contributed by atoms with van der Waals surface area (Å²) in [4.78, 5) is 24.8. The van der Waals surface area contributed by atoms with Crippen LogP contribution in [0.3, 0.4) is 0 Å². The summed E-state index contributed by atoms with van der Waals surface area (Å²) < 4.78 is 21.9. The fourth-order valence-electron chi connectivity index (χ4n) is 3.94. The first-order valence-electron chi connectivity index (χ1n) is 10.8. The molecule has 0 bridgehead atoms. The number of anilines is 2. The standard InChI is InChI=1S/C24H28N2O6/c1-29-21-13-15(7-9-17(21)25-23(27)19-5-3-11-31-19)16-8-10-18(22(14-16)30-2)26-24(28)20-6-4-12-32-20/h7-10,13-14,19-20H,3-6,11-12H2,1-2H3,(H,25,27)(H,26,28)/t19-,20+. The molecule has 2 fully saturated rings. The van der Waals surface area contributed by atoms with Crippen LogP contribution in [0.1, 0.15) is 25.7 Å². The lowest BCUT2D eigenvalue weighted by Gasteiger charge is -2.16. The number of carbonyl (C=O) groups excluding carboxylic acids is 2. The lowest BCUT2D eigenvalue weighted by Crippen LogP contribution is -2.27. The molecule has 32 heavy (non-hydrogen) atoms. The van der Waals surface area contributed by atoms with Gasteiger partial charge in [-0.05, 0) is 61.1 Å². The molecule has 0 spiro atoms. The summed E-state index contributed by atoms with van der Waals surface area (Å²) in [5, 5.41) is 5.78. The summed E-state index contributed by atoms with van der Waals surface area (Å²) in [6, 6.07) is 11.1. The van der Waals surface area contributed by atoms with Crippen molar-refractivity contribution in [1.82, 2.24) is 0 Å². The van der Waals surface area contributed by atoms with Crippen LogP contribution < -0.4 is 20.1 Å². The summed E-state index contributed by atoms with van der Waals surface area (Å²) in [6.07, 6.45) is 2.39. The summed E-state index contributed by atoms with van der Waals surface area (Å²) in [5.74, 6) is 0.760. The molecule has 2 saturated heterocycles. The Kier molecular flexibility index (Phi) is 6.92. The van der Waals surface area contributed by atoms with Crippen molar-refractivity contribution in [3.05, 3.63) is 36.4 Å². The Labute approximate surface area is 187 Å². The highest BCUT2D eigenvalue weighted by atomic mass is 16.5. The Bertz CT molecular complexity index is 901. The van der Waals surface area contributed by atoms with Gasteiger partial charge in [-0.2, -0.15) is 0 Å².